The van der Waals surface area contributed by atoms with E-state index in [0.29, 0.717) is 0 Å². The zero-order valence-electron chi connectivity index (χ0n) is 15.6. The van der Waals surface area contributed by atoms with Gasteiger partial charge in [-0.1, -0.05) is 43.2 Å². The van der Waals surface area contributed by atoms with Crippen LogP contribution in [0.5, 0.6) is 5.75 Å². The summed E-state index contributed by atoms with van der Waals surface area (Å²) in [7, 11) is 0. The monoisotopic (exact) mass is 337 g/mol. The molecule has 3 nitrogen and oxygen atoms in total. The van der Waals surface area contributed by atoms with Crippen LogP contribution in [0.25, 0.3) is 6.08 Å². The summed E-state index contributed by atoms with van der Waals surface area (Å²) in [5, 5.41) is 2.97. The molecule has 1 N–H and O–H groups in total. The standard InChI is InChI=1S/C22H27NO2/c1-5-6-13-25-20-10-7-19(8-11-20)9-12-21(24)23-22-17(3)14-16(2)15-18(22)4/h7-12,14-15H,5-6,13H2,1-4H3,(H,23,24). The molecular weight excluding hydrogens is 310 g/mol. The third-order valence-electron chi connectivity index (χ3n) is 4.00. The van der Waals surface area contributed by atoms with Crippen LogP contribution in [0, 0.1) is 20.8 Å². The highest BCUT2D eigenvalue weighted by molar-refractivity contribution is 6.02. The summed E-state index contributed by atoms with van der Waals surface area (Å²) in [4.78, 5) is 12.2. The first-order valence-corrected chi connectivity index (χ1v) is 8.79. The minimum absolute atomic E-state index is 0.127. The van der Waals surface area contributed by atoms with Crippen LogP contribution < -0.4 is 10.1 Å². The summed E-state index contributed by atoms with van der Waals surface area (Å²) in [5.74, 6) is 0.735. The molecule has 0 radical (unpaired) electrons. The Hall–Kier alpha value is -2.55. The fourth-order valence-corrected chi connectivity index (χ4v) is 2.72. The lowest BCUT2D eigenvalue weighted by Crippen LogP contribution is -2.10. The normalized spacial score (nSPS) is 10.9. The minimum atomic E-state index is -0.127. The highest BCUT2D eigenvalue weighted by Crippen LogP contribution is 2.22. The average molecular weight is 337 g/mol. The predicted molar refractivity (Wildman–Crippen MR) is 105 cm³/mol. The number of amides is 1. The van der Waals surface area contributed by atoms with Crippen LogP contribution in [0.2, 0.25) is 0 Å². The molecule has 0 aliphatic carbocycles. The summed E-state index contributed by atoms with van der Waals surface area (Å²) in [6.45, 7) is 8.96. The van der Waals surface area contributed by atoms with Crippen LogP contribution in [0.1, 0.15) is 42.0 Å². The van der Waals surface area contributed by atoms with Crippen molar-refractivity contribution in [2.24, 2.45) is 0 Å². The van der Waals surface area contributed by atoms with E-state index in [-0.39, 0.29) is 5.91 Å². The molecule has 0 fully saturated rings. The van der Waals surface area contributed by atoms with Gasteiger partial charge in [0.05, 0.1) is 6.61 Å². The Bertz CT molecular complexity index is 722. The third-order valence-corrected chi connectivity index (χ3v) is 4.00. The Labute approximate surface area is 150 Å². The molecule has 0 bridgehead atoms. The lowest BCUT2D eigenvalue weighted by molar-refractivity contribution is -0.111. The van der Waals surface area contributed by atoms with Gasteiger partial charge in [0.1, 0.15) is 5.75 Å². The van der Waals surface area contributed by atoms with Gasteiger partial charge < -0.3 is 10.1 Å². The maximum atomic E-state index is 12.2. The molecule has 2 aromatic carbocycles. The van der Waals surface area contributed by atoms with Crippen molar-refractivity contribution in [1.29, 1.82) is 0 Å². The fourth-order valence-electron chi connectivity index (χ4n) is 2.72. The molecule has 0 aromatic heterocycles. The quantitative estimate of drug-likeness (QED) is 0.539. The van der Waals surface area contributed by atoms with E-state index in [4.69, 9.17) is 4.74 Å². The maximum Gasteiger partial charge on any atom is 0.248 e. The lowest BCUT2D eigenvalue weighted by Gasteiger charge is -2.11. The number of rotatable bonds is 7. The fraction of sp³-hybridized carbons (Fsp3) is 0.318. The van der Waals surface area contributed by atoms with Crippen LogP contribution in [-0.4, -0.2) is 12.5 Å². The smallest absolute Gasteiger partial charge is 0.248 e. The Balaban J connectivity index is 1.96. The first-order valence-electron chi connectivity index (χ1n) is 8.79. The van der Waals surface area contributed by atoms with Crippen molar-refractivity contribution in [3.05, 3.63) is 64.7 Å². The van der Waals surface area contributed by atoms with Gasteiger partial charge in [-0.15, -0.1) is 0 Å². The molecule has 0 aliphatic heterocycles. The SMILES string of the molecule is CCCCOc1ccc(C=CC(=O)Nc2c(C)cc(C)cc2C)cc1. The van der Waals surface area contributed by atoms with Crippen LogP contribution in [0.3, 0.4) is 0 Å². The second-order valence-electron chi connectivity index (χ2n) is 6.37. The number of carbonyl (C=O) groups excluding carboxylic acids is 1. The van der Waals surface area contributed by atoms with Crippen molar-refractivity contribution < 1.29 is 9.53 Å². The van der Waals surface area contributed by atoms with E-state index >= 15 is 0 Å². The van der Waals surface area contributed by atoms with Gasteiger partial charge in [0.15, 0.2) is 0 Å². The summed E-state index contributed by atoms with van der Waals surface area (Å²) >= 11 is 0. The number of carbonyl (C=O) groups is 1. The zero-order valence-corrected chi connectivity index (χ0v) is 15.6. The molecule has 0 atom stereocenters. The van der Waals surface area contributed by atoms with Gasteiger partial charge in [0.25, 0.3) is 0 Å². The molecule has 0 heterocycles. The summed E-state index contributed by atoms with van der Waals surface area (Å²) in [6, 6.07) is 11.9. The van der Waals surface area contributed by atoms with Gasteiger partial charge >= 0.3 is 0 Å². The number of hydrogen-bond acceptors (Lipinski definition) is 2. The largest absolute Gasteiger partial charge is 0.494 e. The first-order chi connectivity index (χ1) is 12.0. The number of benzene rings is 2. The molecule has 0 saturated carbocycles. The Morgan fingerprint density at radius 3 is 2.32 bits per heavy atom. The lowest BCUT2D eigenvalue weighted by atomic mass is 10.1. The van der Waals surface area contributed by atoms with Crippen molar-refractivity contribution in [3.8, 4) is 5.75 Å². The molecule has 3 heteroatoms. The van der Waals surface area contributed by atoms with Gasteiger partial charge in [-0.2, -0.15) is 0 Å². The van der Waals surface area contributed by atoms with Gasteiger partial charge in [-0.05, 0) is 62.1 Å². The van der Waals surface area contributed by atoms with E-state index in [9.17, 15) is 4.79 Å². The number of anilines is 1. The molecule has 0 unspecified atom stereocenters. The molecule has 1 amide bonds. The van der Waals surface area contributed by atoms with E-state index in [2.05, 4.69) is 31.3 Å². The van der Waals surface area contributed by atoms with Gasteiger partial charge in [-0.25, -0.2) is 0 Å². The number of aryl methyl sites for hydroxylation is 3. The minimum Gasteiger partial charge on any atom is -0.494 e. The molecule has 25 heavy (non-hydrogen) atoms. The second-order valence-corrected chi connectivity index (χ2v) is 6.37. The predicted octanol–water partition coefficient (Wildman–Crippen LogP) is 5.44. The van der Waals surface area contributed by atoms with E-state index in [1.54, 1.807) is 6.08 Å². The number of hydrogen-bond donors (Lipinski definition) is 1. The van der Waals surface area contributed by atoms with E-state index in [0.717, 1.165) is 47.6 Å². The van der Waals surface area contributed by atoms with Crippen LogP contribution in [-0.2, 0) is 4.79 Å². The average Bonchev–Trinajstić information content (AvgIpc) is 2.57. The van der Waals surface area contributed by atoms with Crippen molar-refractivity contribution in [1.82, 2.24) is 0 Å². The van der Waals surface area contributed by atoms with E-state index in [1.807, 2.05) is 44.2 Å². The van der Waals surface area contributed by atoms with Crippen molar-refractivity contribution in [3.63, 3.8) is 0 Å². The van der Waals surface area contributed by atoms with Gasteiger partial charge in [-0.3, -0.25) is 4.79 Å². The van der Waals surface area contributed by atoms with Crippen LogP contribution in [0.4, 0.5) is 5.69 Å². The molecule has 0 saturated heterocycles. The van der Waals surface area contributed by atoms with Gasteiger partial charge in [0, 0.05) is 11.8 Å². The summed E-state index contributed by atoms with van der Waals surface area (Å²) < 4.78 is 5.64. The van der Waals surface area contributed by atoms with Gasteiger partial charge in [0.2, 0.25) is 5.91 Å². The number of unbranched alkanes of at least 4 members (excludes halogenated alkanes) is 1. The molecule has 0 aliphatic rings. The van der Waals surface area contributed by atoms with Crippen molar-refractivity contribution >= 4 is 17.7 Å². The Kier molecular flexibility index (Phi) is 6.81. The van der Waals surface area contributed by atoms with E-state index < -0.39 is 0 Å². The highest BCUT2D eigenvalue weighted by Gasteiger charge is 2.06. The molecule has 2 rings (SSSR count). The number of ether oxygens (including phenoxy) is 1. The summed E-state index contributed by atoms with van der Waals surface area (Å²) in [6.07, 6.45) is 5.55. The molecule has 0 spiro atoms. The third kappa shape index (κ3) is 5.79. The molecule has 132 valence electrons. The van der Waals surface area contributed by atoms with E-state index in [1.165, 1.54) is 5.56 Å². The Morgan fingerprint density at radius 1 is 1.08 bits per heavy atom. The van der Waals surface area contributed by atoms with Crippen LogP contribution in [0.15, 0.2) is 42.5 Å². The summed E-state index contributed by atoms with van der Waals surface area (Å²) in [5.41, 5.74) is 5.21. The highest BCUT2D eigenvalue weighted by atomic mass is 16.5. The number of nitrogens with one attached hydrogen (secondary N) is 1. The van der Waals surface area contributed by atoms with Crippen molar-refractivity contribution in [2.75, 3.05) is 11.9 Å². The van der Waals surface area contributed by atoms with Crippen LogP contribution >= 0.6 is 0 Å². The zero-order chi connectivity index (χ0) is 18.2. The topological polar surface area (TPSA) is 38.3 Å². The maximum absolute atomic E-state index is 12.2. The Morgan fingerprint density at radius 2 is 1.72 bits per heavy atom. The molecular formula is C22H27NO2. The first kappa shape index (κ1) is 18.8. The second kappa shape index (κ2) is 9.07. The molecule has 2 aromatic rings. The van der Waals surface area contributed by atoms with Crippen molar-refractivity contribution in [2.45, 2.75) is 40.5 Å².